The molecule has 2 rings (SSSR count). The van der Waals surface area contributed by atoms with Crippen molar-refractivity contribution < 1.29 is 14.3 Å². The lowest BCUT2D eigenvalue weighted by atomic mass is 10.1. The normalized spacial score (nSPS) is 18.3. The topological polar surface area (TPSA) is 35.5 Å². The van der Waals surface area contributed by atoms with E-state index >= 15 is 0 Å². The number of ether oxygens (including phenoxy) is 2. The smallest absolute Gasteiger partial charge is 0.306 e. The third-order valence-corrected chi connectivity index (χ3v) is 2.53. The van der Waals surface area contributed by atoms with Crippen molar-refractivity contribution in [3.63, 3.8) is 0 Å². The van der Waals surface area contributed by atoms with Gasteiger partial charge in [-0.3, -0.25) is 4.79 Å². The Kier molecular flexibility index (Phi) is 3.25. The maximum Gasteiger partial charge on any atom is 0.306 e. The van der Waals surface area contributed by atoms with Crippen LogP contribution in [-0.2, 0) is 9.53 Å². The Labute approximate surface area is 94.7 Å². The van der Waals surface area contributed by atoms with Gasteiger partial charge in [0.05, 0.1) is 7.11 Å². The Bertz CT molecular complexity index is 409. The van der Waals surface area contributed by atoms with Crippen LogP contribution >= 0.6 is 0 Å². The SMILES string of the molecule is COc1cccc(C=C2CCC(=O)OC2)c1. The van der Waals surface area contributed by atoms with E-state index in [1.54, 1.807) is 7.11 Å². The fourth-order valence-electron chi connectivity index (χ4n) is 1.66. The first-order valence-corrected chi connectivity index (χ1v) is 5.27. The molecule has 1 fully saturated rings. The largest absolute Gasteiger partial charge is 0.497 e. The van der Waals surface area contributed by atoms with Gasteiger partial charge < -0.3 is 9.47 Å². The molecule has 1 aliphatic rings. The van der Waals surface area contributed by atoms with Crippen molar-refractivity contribution in [1.82, 2.24) is 0 Å². The highest BCUT2D eigenvalue weighted by molar-refractivity contribution is 5.72. The van der Waals surface area contributed by atoms with E-state index < -0.39 is 0 Å². The molecular weight excluding hydrogens is 204 g/mol. The quantitative estimate of drug-likeness (QED) is 0.715. The van der Waals surface area contributed by atoms with Gasteiger partial charge in [0.25, 0.3) is 0 Å². The molecule has 0 bridgehead atoms. The number of hydrogen-bond acceptors (Lipinski definition) is 3. The number of benzene rings is 1. The molecule has 1 saturated heterocycles. The summed E-state index contributed by atoms with van der Waals surface area (Å²) < 4.78 is 10.1. The summed E-state index contributed by atoms with van der Waals surface area (Å²) in [4.78, 5) is 10.9. The second kappa shape index (κ2) is 4.84. The fraction of sp³-hybridized carbons (Fsp3) is 0.308. The second-order valence-electron chi connectivity index (χ2n) is 3.74. The van der Waals surface area contributed by atoms with Crippen LogP contribution < -0.4 is 4.74 Å². The van der Waals surface area contributed by atoms with Crippen LogP contribution in [0.2, 0.25) is 0 Å². The minimum absolute atomic E-state index is 0.109. The van der Waals surface area contributed by atoms with E-state index in [2.05, 4.69) is 6.08 Å². The maximum atomic E-state index is 10.9. The van der Waals surface area contributed by atoms with Gasteiger partial charge in [-0.2, -0.15) is 0 Å². The molecule has 16 heavy (non-hydrogen) atoms. The van der Waals surface area contributed by atoms with Crippen molar-refractivity contribution >= 4 is 12.0 Å². The van der Waals surface area contributed by atoms with Gasteiger partial charge in [-0.1, -0.05) is 18.2 Å². The van der Waals surface area contributed by atoms with Crippen LogP contribution in [-0.4, -0.2) is 19.7 Å². The van der Waals surface area contributed by atoms with Crippen molar-refractivity contribution in [3.8, 4) is 5.75 Å². The van der Waals surface area contributed by atoms with Gasteiger partial charge >= 0.3 is 5.97 Å². The molecule has 1 heterocycles. The molecule has 0 N–H and O–H groups in total. The number of esters is 1. The van der Waals surface area contributed by atoms with E-state index in [4.69, 9.17) is 9.47 Å². The fourth-order valence-corrected chi connectivity index (χ4v) is 1.66. The van der Waals surface area contributed by atoms with Gasteiger partial charge in [-0.15, -0.1) is 0 Å². The zero-order valence-electron chi connectivity index (χ0n) is 9.23. The van der Waals surface area contributed by atoms with Crippen LogP contribution in [0.5, 0.6) is 5.75 Å². The molecule has 0 spiro atoms. The van der Waals surface area contributed by atoms with Gasteiger partial charge in [0.15, 0.2) is 0 Å². The van der Waals surface area contributed by atoms with Crippen molar-refractivity contribution in [2.75, 3.05) is 13.7 Å². The monoisotopic (exact) mass is 218 g/mol. The van der Waals surface area contributed by atoms with Gasteiger partial charge in [-0.05, 0) is 29.7 Å². The number of hydrogen-bond donors (Lipinski definition) is 0. The Morgan fingerprint density at radius 1 is 1.38 bits per heavy atom. The Balaban J connectivity index is 2.12. The van der Waals surface area contributed by atoms with Gasteiger partial charge in [0.2, 0.25) is 0 Å². The second-order valence-corrected chi connectivity index (χ2v) is 3.74. The van der Waals surface area contributed by atoms with Crippen LogP contribution in [0.4, 0.5) is 0 Å². The molecule has 0 aromatic heterocycles. The van der Waals surface area contributed by atoms with Crippen LogP contribution in [0.25, 0.3) is 6.08 Å². The highest BCUT2D eigenvalue weighted by atomic mass is 16.5. The molecule has 1 aliphatic heterocycles. The molecule has 0 saturated carbocycles. The summed E-state index contributed by atoms with van der Waals surface area (Å²) in [5.41, 5.74) is 2.22. The van der Waals surface area contributed by atoms with E-state index in [0.29, 0.717) is 13.0 Å². The average molecular weight is 218 g/mol. The highest BCUT2D eigenvalue weighted by Crippen LogP contribution is 2.19. The maximum absolute atomic E-state index is 10.9. The Hall–Kier alpha value is -1.77. The lowest BCUT2D eigenvalue weighted by molar-refractivity contribution is -0.144. The molecule has 3 heteroatoms. The number of rotatable bonds is 2. The molecule has 0 amide bonds. The minimum Gasteiger partial charge on any atom is -0.497 e. The van der Waals surface area contributed by atoms with Crippen LogP contribution in [0.3, 0.4) is 0 Å². The summed E-state index contributed by atoms with van der Waals surface area (Å²) in [5, 5.41) is 0. The van der Waals surface area contributed by atoms with Crippen molar-refractivity contribution in [1.29, 1.82) is 0 Å². The summed E-state index contributed by atoms with van der Waals surface area (Å²) in [7, 11) is 1.65. The third kappa shape index (κ3) is 2.63. The first kappa shape index (κ1) is 10.7. The van der Waals surface area contributed by atoms with E-state index in [1.165, 1.54) is 0 Å². The van der Waals surface area contributed by atoms with Crippen molar-refractivity contribution in [2.45, 2.75) is 12.8 Å². The molecule has 1 aromatic rings. The first-order chi connectivity index (χ1) is 7.78. The lowest BCUT2D eigenvalue weighted by Crippen LogP contribution is -2.14. The molecule has 84 valence electrons. The highest BCUT2D eigenvalue weighted by Gasteiger charge is 2.13. The van der Waals surface area contributed by atoms with Crippen molar-refractivity contribution in [3.05, 3.63) is 35.4 Å². The van der Waals surface area contributed by atoms with E-state index in [-0.39, 0.29) is 5.97 Å². The number of cyclic esters (lactones) is 1. The zero-order chi connectivity index (χ0) is 11.4. The molecule has 0 atom stereocenters. The summed E-state index contributed by atoms with van der Waals surface area (Å²) >= 11 is 0. The standard InChI is InChI=1S/C13H14O3/c1-15-12-4-2-3-10(8-12)7-11-5-6-13(14)16-9-11/h2-4,7-8H,5-6,9H2,1H3. The first-order valence-electron chi connectivity index (χ1n) is 5.27. The number of carbonyl (C=O) groups is 1. The molecule has 0 radical (unpaired) electrons. The Morgan fingerprint density at radius 3 is 2.94 bits per heavy atom. The number of carbonyl (C=O) groups excluding carboxylic acids is 1. The lowest BCUT2D eigenvalue weighted by Gasteiger charge is -2.14. The average Bonchev–Trinajstić information content (AvgIpc) is 2.32. The predicted octanol–water partition coefficient (Wildman–Crippen LogP) is 2.42. The summed E-state index contributed by atoms with van der Waals surface area (Å²) in [6.45, 7) is 0.413. The summed E-state index contributed by atoms with van der Waals surface area (Å²) in [5.74, 6) is 0.727. The minimum atomic E-state index is -0.109. The predicted molar refractivity (Wildman–Crippen MR) is 61.2 cm³/mol. The van der Waals surface area contributed by atoms with Crippen LogP contribution in [0.15, 0.2) is 29.8 Å². The van der Waals surface area contributed by atoms with Gasteiger partial charge in [0, 0.05) is 6.42 Å². The number of methoxy groups -OCH3 is 1. The van der Waals surface area contributed by atoms with Crippen molar-refractivity contribution in [2.24, 2.45) is 0 Å². The third-order valence-electron chi connectivity index (χ3n) is 2.53. The van der Waals surface area contributed by atoms with E-state index in [1.807, 2.05) is 24.3 Å². The molecule has 3 nitrogen and oxygen atoms in total. The summed E-state index contributed by atoms with van der Waals surface area (Å²) in [6.07, 6.45) is 3.32. The van der Waals surface area contributed by atoms with Crippen LogP contribution in [0, 0.1) is 0 Å². The molecule has 1 aromatic carbocycles. The van der Waals surface area contributed by atoms with Gasteiger partial charge in [-0.25, -0.2) is 0 Å². The van der Waals surface area contributed by atoms with E-state index in [0.717, 1.165) is 23.3 Å². The molecular formula is C13H14O3. The van der Waals surface area contributed by atoms with E-state index in [9.17, 15) is 4.79 Å². The zero-order valence-corrected chi connectivity index (χ0v) is 9.23. The molecule has 0 unspecified atom stereocenters. The molecule has 0 aliphatic carbocycles. The van der Waals surface area contributed by atoms with Crippen LogP contribution in [0.1, 0.15) is 18.4 Å². The Morgan fingerprint density at radius 2 is 2.25 bits per heavy atom. The van der Waals surface area contributed by atoms with Gasteiger partial charge in [0.1, 0.15) is 12.4 Å². The summed E-state index contributed by atoms with van der Waals surface area (Å²) in [6, 6.07) is 7.82.